The number of aryl methyl sites for hydroxylation is 1. The summed E-state index contributed by atoms with van der Waals surface area (Å²) in [6.07, 6.45) is 0. The number of nitrogens with two attached hydrogens (primary N) is 1. The number of nitrogen functional groups attached to an aromatic ring is 1. The van der Waals surface area contributed by atoms with Gasteiger partial charge in [0.1, 0.15) is 6.04 Å². The first-order valence-electron chi connectivity index (χ1n) is 6.39. The van der Waals surface area contributed by atoms with Crippen molar-refractivity contribution in [2.45, 2.75) is 19.9 Å². The van der Waals surface area contributed by atoms with Gasteiger partial charge in [-0.15, -0.1) is 0 Å². The van der Waals surface area contributed by atoms with Crippen LogP contribution in [-0.4, -0.2) is 38.1 Å². The lowest BCUT2D eigenvalue weighted by Gasteiger charge is -2.15. The van der Waals surface area contributed by atoms with Crippen molar-refractivity contribution in [3.05, 3.63) is 29.3 Å². The first kappa shape index (κ1) is 16.0. The average molecular weight is 279 g/mol. The molecule has 0 bridgehead atoms. The van der Waals surface area contributed by atoms with E-state index in [1.54, 1.807) is 32.2 Å². The summed E-state index contributed by atoms with van der Waals surface area (Å²) in [5.74, 6) is -0.568. The molecule has 0 aliphatic carbocycles. The van der Waals surface area contributed by atoms with Gasteiger partial charge in [-0.2, -0.15) is 0 Å². The van der Waals surface area contributed by atoms with Crippen molar-refractivity contribution in [2.75, 3.05) is 26.0 Å². The van der Waals surface area contributed by atoms with Crippen molar-refractivity contribution in [2.24, 2.45) is 0 Å². The molecule has 0 aromatic heterocycles. The zero-order valence-corrected chi connectivity index (χ0v) is 12.0. The molecule has 4 N–H and O–H groups in total. The van der Waals surface area contributed by atoms with E-state index >= 15 is 0 Å². The summed E-state index contributed by atoms with van der Waals surface area (Å²) in [5, 5.41) is 5.31. The fourth-order valence-corrected chi connectivity index (χ4v) is 1.65. The summed E-state index contributed by atoms with van der Waals surface area (Å²) < 4.78 is 4.84. The molecule has 2 amide bonds. The van der Waals surface area contributed by atoms with Crippen molar-refractivity contribution in [3.8, 4) is 0 Å². The maximum atomic E-state index is 12.1. The van der Waals surface area contributed by atoms with E-state index in [0.29, 0.717) is 24.4 Å². The number of anilines is 1. The Kier molecular flexibility index (Phi) is 5.99. The zero-order chi connectivity index (χ0) is 15.1. The summed E-state index contributed by atoms with van der Waals surface area (Å²) in [6, 6.07) is 4.47. The van der Waals surface area contributed by atoms with Gasteiger partial charge in [-0.3, -0.25) is 9.59 Å². The third kappa shape index (κ3) is 4.55. The lowest BCUT2D eigenvalue weighted by atomic mass is 10.1. The van der Waals surface area contributed by atoms with Crippen LogP contribution in [0.1, 0.15) is 22.8 Å². The number of carbonyl (C=O) groups excluding carboxylic acids is 2. The number of hydrogen-bond acceptors (Lipinski definition) is 4. The van der Waals surface area contributed by atoms with Gasteiger partial charge in [0.05, 0.1) is 6.61 Å². The molecule has 0 saturated heterocycles. The molecule has 0 fully saturated rings. The highest BCUT2D eigenvalue weighted by Gasteiger charge is 2.17. The topological polar surface area (TPSA) is 93.5 Å². The second-order valence-corrected chi connectivity index (χ2v) is 4.55. The van der Waals surface area contributed by atoms with E-state index in [1.807, 2.05) is 6.92 Å². The van der Waals surface area contributed by atoms with E-state index in [0.717, 1.165) is 5.56 Å². The Morgan fingerprint density at radius 1 is 1.40 bits per heavy atom. The highest BCUT2D eigenvalue weighted by Crippen LogP contribution is 2.12. The fraction of sp³-hybridized carbons (Fsp3) is 0.429. The van der Waals surface area contributed by atoms with E-state index in [-0.39, 0.29) is 11.8 Å². The maximum Gasteiger partial charge on any atom is 0.252 e. The molecule has 1 aromatic carbocycles. The van der Waals surface area contributed by atoms with Crippen LogP contribution in [0, 0.1) is 6.92 Å². The van der Waals surface area contributed by atoms with Gasteiger partial charge >= 0.3 is 0 Å². The second-order valence-electron chi connectivity index (χ2n) is 4.55. The van der Waals surface area contributed by atoms with E-state index in [4.69, 9.17) is 10.5 Å². The van der Waals surface area contributed by atoms with Crippen LogP contribution in [0.2, 0.25) is 0 Å². The van der Waals surface area contributed by atoms with Crippen LogP contribution in [0.4, 0.5) is 5.69 Å². The number of rotatable bonds is 6. The monoisotopic (exact) mass is 279 g/mol. The van der Waals surface area contributed by atoms with Crippen LogP contribution in [0.25, 0.3) is 0 Å². The molecule has 0 radical (unpaired) electrons. The van der Waals surface area contributed by atoms with E-state index in [9.17, 15) is 9.59 Å². The standard InChI is InChI=1S/C14H21N3O3/c1-9-4-5-11(15)8-12(9)14(19)17-10(2)13(18)16-6-7-20-3/h4-5,8,10H,6-7,15H2,1-3H3,(H,16,18)(H,17,19). The summed E-state index contributed by atoms with van der Waals surface area (Å²) in [7, 11) is 1.56. The number of benzene rings is 1. The molecule has 6 nitrogen and oxygen atoms in total. The highest BCUT2D eigenvalue weighted by molar-refractivity contribution is 5.99. The fourth-order valence-electron chi connectivity index (χ4n) is 1.65. The van der Waals surface area contributed by atoms with Gasteiger partial charge in [0.15, 0.2) is 0 Å². The number of methoxy groups -OCH3 is 1. The number of carbonyl (C=O) groups is 2. The minimum Gasteiger partial charge on any atom is -0.399 e. The molecule has 6 heteroatoms. The minimum atomic E-state index is -0.625. The van der Waals surface area contributed by atoms with Crippen LogP contribution in [0.15, 0.2) is 18.2 Å². The molecule has 0 aliphatic rings. The van der Waals surface area contributed by atoms with Gasteiger partial charge in [0.25, 0.3) is 5.91 Å². The lowest BCUT2D eigenvalue weighted by molar-refractivity contribution is -0.122. The van der Waals surface area contributed by atoms with Crippen LogP contribution in [0.3, 0.4) is 0 Å². The molecule has 0 aliphatic heterocycles. The average Bonchev–Trinajstić information content (AvgIpc) is 2.41. The zero-order valence-electron chi connectivity index (χ0n) is 12.0. The summed E-state index contributed by atoms with van der Waals surface area (Å²) >= 11 is 0. The third-order valence-electron chi connectivity index (χ3n) is 2.85. The number of ether oxygens (including phenoxy) is 1. The molecule has 0 heterocycles. The van der Waals surface area contributed by atoms with Gasteiger partial charge < -0.3 is 21.1 Å². The Balaban J connectivity index is 2.61. The third-order valence-corrected chi connectivity index (χ3v) is 2.85. The van der Waals surface area contributed by atoms with Crippen LogP contribution >= 0.6 is 0 Å². The first-order chi connectivity index (χ1) is 9.45. The highest BCUT2D eigenvalue weighted by atomic mass is 16.5. The molecule has 1 rings (SSSR count). The van der Waals surface area contributed by atoms with Crippen molar-refractivity contribution < 1.29 is 14.3 Å². The van der Waals surface area contributed by atoms with E-state index in [2.05, 4.69) is 10.6 Å². The van der Waals surface area contributed by atoms with Crippen molar-refractivity contribution in [1.82, 2.24) is 10.6 Å². The quantitative estimate of drug-likeness (QED) is 0.521. The molecular formula is C14H21N3O3. The Hall–Kier alpha value is -2.08. The molecule has 0 saturated carbocycles. The Bertz CT molecular complexity index is 489. The van der Waals surface area contributed by atoms with Gasteiger partial charge in [0.2, 0.25) is 5.91 Å². The smallest absolute Gasteiger partial charge is 0.252 e. The van der Waals surface area contributed by atoms with Gasteiger partial charge in [-0.1, -0.05) is 6.07 Å². The maximum absolute atomic E-state index is 12.1. The van der Waals surface area contributed by atoms with Gasteiger partial charge in [-0.25, -0.2) is 0 Å². The number of nitrogens with one attached hydrogen (secondary N) is 2. The van der Waals surface area contributed by atoms with Gasteiger partial charge in [0, 0.05) is 24.9 Å². The van der Waals surface area contributed by atoms with Crippen molar-refractivity contribution >= 4 is 17.5 Å². The predicted octanol–water partition coefficient (Wildman–Crippen LogP) is 0.458. The Morgan fingerprint density at radius 2 is 2.10 bits per heavy atom. The van der Waals surface area contributed by atoms with E-state index in [1.165, 1.54) is 0 Å². The predicted molar refractivity (Wildman–Crippen MR) is 77.4 cm³/mol. The number of hydrogen-bond donors (Lipinski definition) is 3. The summed E-state index contributed by atoms with van der Waals surface area (Å²) in [4.78, 5) is 23.8. The summed E-state index contributed by atoms with van der Waals surface area (Å²) in [6.45, 7) is 4.28. The van der Waals surface area contributed by atoms with Crippen LogP contribution < -0.4 is 16.4 Å². The normalized spacial score (nSPS) is 11.8. The van der Waals surface area contributed by atoms with Gasteiger partial charge in [-0.05, 0) is 31.5 Å². The first-order valence-corrected chi connectivity index (χ1v) is 6.39. The summed E-state index contributed by atoms with van der Waals surface area (Å²) in [5.41, 5.74) is 7.46. The van der Waals surface area contributed by atoms with Crippen molar-refractivity contribution in [3.63, 3.8) is 0 Å². The Labute approximate surface area is 118 Å². The Morgan fingerprint density at radius 3 is 2.75 bits per heavy atom. The molecule has 0 spiro atoms. The molecule has 1 unspecified atom stereocenters. The van der Waals surface area contributed by atoms with E-state index < -0.39 is 6.04 Å². The molecular weight excluding hydrogens is 258 g/mol. The van der Waals surface area contributed by atoms with Crippen molar-refractivity contribution in [1.29, 1.82) is 0 Å². The molecule has 110 valence electrons. The van der Waals surface area contributed by atoms with Crippen LogP contribution in [-0.2, 0) is 9.53 Å². The molecule has 20 heavy (non-hydrogen) atoms. The second kappa shape index (κ2) is 7.49. The SMILES string of the molecule is COCCNC(=O)C(C)NC(=O)c1cc(N)ccc1C. The lowest BCUT2D eigenvalue weighted by Crippen LogP contribution is -2.45. The van der Waals surface area contributed by atoms with Crippen LogP contribution in [0.5, 0.6) is 0 Å². The molecule has 1 atom stereocenters. The minimum absolute atomic E-state index is 0.253. The largest absolute Gasteiger partial charge is 0.399 e. The number of amides is 2. The molecule has 1 aromatic rings.